The first-order valence-electron chi connectivity index (χ1n) is 4.94. The molecule has 0 fully saturated rings. The van der Waals surface area contributed by atoms with Crippen molar-refractivity contribution in [1.29, 1.82) is 0 Å². The predicted octanol–water partition coefficient (Wildman–Crippen LogP) is 2.90. The van der Waals surface area contributed by atoms with E-state index in [0.29, 0.717) is 0 Å². The lowest BCUT2D eigenvalue weighted by Crippen LogP contribution is -2.19. The van der Waals surface area contributed by atoms with Crippen LogP contribution in [-0.4, -0.2) is 17.4 Å². The molecule has 98 valence electrons. The maximum atomic E-state index is 12.5. The van der Waals surface area contributed by atoms with Crippen molar-refractivity contribution in [1.82, 2.24) is 10.3 Å². The fourth-order valence-electron chi connectivity index (χ4n) is 1.15. The highest BCUT2D eigenvalue weighted by Crippen LogP contribution is 2.34. The number of nitrogens with one attached hydrogen (secondary N) is 1. The van der Waals surface area contributed by atoms with E-state index in [1.54, 1.807) is 0 Å². The summed E-state index contributed by atoms with van der Waals surface area (Å²) in [6.07, 6.45) is -0.367. The molecule has 7 heteroatoms. The number of rotatable bonds is 3. The number of carbonyl (C=O) groups excluding carboxylic acids is 1. The van der Waals surface area contributed by atoms with Crippen molar-refractivity contribution in [2.24, 2.45) is 0 Å². The normalized spacial score (nSPS) is 11.8. The first kappa shape index (κ1) is 14.5. The summed E-state index contributed by atoms with van der Waals surface area (Å²) in [6.45, 7) is 1.58. The average molecular weight is 279 g/mol. The third-order valence-corrected chi connectivity index (χ3v) is 2.25. The Morgan fingerprint density at radius 1 is 1.56 bits per heavy atom. The van der Waals surface area contributed by atoms with E-state index in [4.69, 9.17) is 11.6 Å². The highest BCUT2D eigenvalue weighted by atomic mass is 35.5. The van der Waals surface area contributed by atoms with Crippen molar-refractivity contribution in [3.8, 4) is 0 Å². The molecule has 0 unspecified atom stereocenters. The number of pyridine rings is 1. The van der Waals surface area contributed by atoms with Crippen LogP contribution in [0.3, 0.4) is 0 Å². The summed E-state index contributed by atoms with van der Waals surface area (Å²) in [5.74, 6) is -0.218. The minimum atomic E-state index is -4.54. The second-order valence-corrected chi connectivity index (χ2v) is 3.80. The summed E-state index contributed by atoms with van der Waals surface area (Å²) in [6, 6.07) is 0.902. The Hall–Kier alpha value is -1.56. The Kier molecular flexibility index (Phi) is 4.72. The SMILES string of the molecule is CC(=O)NCC=Cc1cnc(Cl)c(C(F)(F)F)c1. The third kappa shape index (κ3) is 4.37. The minimum Gasteiger partial charge on any atom is -0.353 e. The van der Waals surface area contributed by atoms with E-state index < -0.39 is 16.9 Å². The van der Waals surface area contributed by atoms with Gasteiger partial charge in [0, 0.05) is 19.7 Å². The Bertz CT molecular complexity index is 472. The molecule has 0 radical (unpaired) electrons. The number of aromatic nitrogens is 1. The predicted molar refractivity (Wildman–Crippen MR) is 62.0 cm³/mol. The van der Waals surface area contributed by atoms with Gasteiger partial charge in [0.15, 0.2) is 0 Å². The summed E-state index contributed by atoms with van der Waals surface area (Å²) in [4.78, 5) is 14.0. The molecule has 18 heavy (non-hydrogen) atoms. The topological polar surface area (TPSA) is 42.0 Å². The highest BCUT2D eigenvalue weighted by Gasteiger charge is 2.33. The quantitative estimate of drug-likeness (QED) is 0.864. The van der Waals surface area contributed by atoms with Gasteiger partial charge in [-0.3, -0.25) is 4.79 Å². The van der Waals surface area contributed by atoms with Crippen LogP contribution in [0.4, 0.5) is 13.2 Å². The van der Waals surface area contributed by atoms with Crippen molar-refractivity contribution in [2.75, 3.05) is 6.54 Å². The fourth-order valence-corrected chi connectivity index (χ4v) is 1.36. The van der Waals surface area contributed by atoms with E-state index in [2.05, 4.69) is 10.3 Å². The van der Waals surface area contributed by atoms with Crippen LogP contribution >= 0.6 is 11.6 Å². The Labute approximate surface area is 107 Å². The second-order valence-electron chi connectivity index (χ2n) is 3.44. The molecule has 0 aliphatic rings. The number of hydrogen-bond acceptors (Lipinski definition) is 2. The molecule has 1 N–H and O–H groups in total. The van der Waals surface area contributed by atoms with Crippen LogP contribution in [0.2, 0.25) is 5.15 Å². The molecule has 0 spiro atoms. The molecule has 1 heterocycles. The lowest BCUT2D eigenvalue weighted by molar-refractivity contribution is -0.137. The molecule has 3 nitrogen and oxygen atoms in total. The standard InChI is InChI=1S/C11H10ClF3N2O/c1-7(18)16-4-2-3-8-5-9(11(13,14)15)10(12)17-6-8/h2-3,5-6H,4H2,1H3,(H,16,18). The molecule has 0 aromatic carbocycles. The summed E-state index contributed by atoms with van der Waals surface area (Å²) >= 11 is 5.37. The molecule has 1 amide bonds. The second kappa shape index (κ2) is 5.86. The minimum absolute atomic E-state index is 0.218. The molecule has 0 saturated heterocycles. The van der Waals surface area contributed by atoms with Crippen LogP contribution in [0, 0.1) is 0 Å². The first-order valence-corrected chi connectivity index (χ1v) is 5.32. The molecule has 0 aliphatic heterocycles. The van der Waals surface area contributed by atoms with E-state index >= 15 is 0 Å². The summed E-state index contributed by atoms with van der Waals surface area (Å²) in [7, 11) is 0. The number of alkyl halides is 3. The smallest absolute Gasteiger partial charge is 0.353 e. The third-order valence-electron chi connectivity index (χ3n) is 1.94. The van der Waals surface area contributed by atoms with Crippen LogP contribution in [0.15, 0.2) is 18.3 Å². The zero-order valence-electron chi connectivity index (χ0n) is 9.38. The van der Waals surface area contributed by atoms with Gasteiger partial charge in [-0.25, -0.2) is 4.98 Å². The number of amides is 1. The molecule has 1 aromatic rings. The van der Waals surface area contributed by atoms with Crippen molar-refractivity contribution < 1.29 is 18.0 Å². The van der Waals surface area contributed by atoms with Crippen LogP contribution in [0.25, 0.3) is 6.08 Å². The summed E-state index contributed by atoms with van der Waals surface area (Å²) in [5.41, 5.74) is -0.720. The van der Waals surface area contributed by atoms with Crippen molar-refractivity contribution in [3.63, 3.8) is 0 Å². The fraction of sp³-hybridized carbons (Fsp3) is 0.273. The number of nitrogens with zero attached hydrogens (tertiary/aromatic N) is 1. The van der Waals surface area contributed by atoms with Gasteiger partial charge in [0.2, 0.25) is 5.91 Å². The maximum absolute atomic E-state index is 12.5. The highest BCUT2D eigenvalue weighted by molar-refractivity contribution is 6.30. The Balaban J connectivity index is 2.83. The maximum Gasteiger partial charge on any atom is 0.419 e. The van der Waals surface area contributed by atoms with Crippen molar-refractivity contribution in [2.45, 2.75) is 13.1 Å². The monoisotopic (exact) mass is 278 g/mol. The van der Waals surface area contributed by atoms with Gasteiger partial charge in [0.1, 0.15) is 5.15 Å². The van der Waals surface area contributed by atoms with Crippen LogP contribution in [0.1, 0.15) is 18.1 Å². The van der Waals surface area contributed by atoms with Crippen molar-refractivity contribution >= 4 is 23.6 Å². The van der Waals surface area contributed by atoms with Crippen LogP contribution in [-0.2, 0) is 11.0 Å². The van der Waals surface area contributed by atoms with Crippen LogP contribution < -0.4 is 5.32 Å². The van der Waals surface area contributed by atoms with Gasteiger partial charge in [-0.05, 0) is 11.6 Å². The molecule has 0 bridgehead atoms. The molecule has 0 saturated carbocycles. The van der Waals surface area contributed by atoms with Gasteiger partial charge in [-0.2, -0.15) is 13.2 Å². The Morgan fingerprint density at radius 3 is 2.78 bits per heavy atom. The number of hydrogen-bond donors (Lipinski definition) is 1. The van der Waals surface area contributed by atoms with E-state index in [-0.39, 0.29) is 18.0 Å². The van der Waals surface area contributed by atoms with E-state index in [0.717, 1.165) is 6.07 Å². The van der Waals surface area contributed by atoms with Gasteiger partial charge in [-0.15, -0.1) is 0 Å². The zero-order valence-corrected chi connectivity index (χ0v) is 10.1. The van der Waals surface area contributed by atoms with Gasteiger partial charge in [0.05, 0.1) is 5.56 Å². The first-order chi connectivity index (χ1) is 8.30. The zero-order chi connectivity index (χ0) is 13.8. The lowest BCUT2D eigenvalue weighted by Gasteiger charge is -2.08. The molecule has 1 rings (SSSR count). The van der Waals surface area contributed by atoms with E-state index in [1.165, 1.54) is 25.3 Å². The molecule has 0 aliphatic carbocycles. The van der Waals surface area contributed by atoms with Gasteiger partial charge in [-0.1, -0.05) is 23.8 Å². The molecule has 0 atom stereocenters. The summed E-state index contributed by atoms with van der Waals surface area (Å²) < 4.78 is 37.6. The van der Waals surface area contributed by atoms with Gasteiger partial charge >= 0.3 is 6.18 Å². The average Bonchev–Trinajstić information content (AvgIpc) is 2.24. The van der Waals surface area contributed by atoms with E-state index in [9.17, 15) is 18.0 Å². The Morgan fingerprint density at radius 2 is 2.22 bits per heavy atom. The number of halogens is 4. The van der Waals surface area contributed by atoms with Gasteiger partial charge in [0.25, 0.3) is 0 Å². The van der Waals surface area contributed by atoms with Gasteiger partial charge < -0.3 is 5.32 Å². The van der Waals surface area contributed by atoms with E-state index in [1.807, 2.05) is 0 Å². The molecule has 1 aromatic heterocycles. The number of carbonyl (C=O) groups is 1. The largest absolute Gasteiger partial charge is 0.419 e. The van der Waals surface area contributed by atoms with Crippen LogP contribution in [0.5, 0.6) is 0 Å². The molecular formula is C11H10ClF3N2O. The lowest BCUT2D eigenvalue weighted by atomic mass is 10.2. The van der Waals surface area contributed by atoms with Crippen molar-refractivity contribution in [3.05, 3.63) is 34.6 Å². The molecular weight excluding hydrogens is 269 g/mol. The summed E-state index contributed by atoms with van der Waals surface area (Å²) in [5, 5.41) is 1.90.